The summed E-state index contributed by atoms with van der Waals surface area (Å²) in [6.07, 6.45) is 1.43. The van der Waals surface area contributed by atoms with Crippen molar-refractivity contribution < 1.29 is 27.8 Å². The predicted octanol–water partition coefficient (Wildman–Crippen LogP) is 4.25. The van der Waals surface area contributed by atoms with Gasteiger partial charge in [0.05, 0.1) is 12.7 Å². The first kappa shape index (κ1) is 18.3. The van der Waals surface area contributed by atoms with Crippen LogP contribution in [0.5, 0.6) is 11.5 Å². The Morgan fingerprint density at radius 2 is 1.96 bits per heavy atom. The van der Waals surface area contributed by atoms with Gasteiger partial charge in [0.1, 0.15) is 0 Å². The Kier molecular flexibility index (Phi) is 5.50. The van der Waals surface area contributed by atoms with E-state index in [2.05, 4.69) is 32.3 Å². The van der Waals surface area contributed by atoms with E-state index in [4.69, 9.17) is 9.47 Å². The summed E-state index contributed by atoms with van der Waals surface area (Å²) in [5.74, 6) is -0.398. The topological polar surface area (TPSA) is 57.1 Å². The molecule has 0 atom stereocenters. The first-order valence-electron chi connectivity index (χ1n) is 7.38. The summed E-state index contributed by atoms with van der Waals surface area (Å²) in [6.45, 7) is -2.99. The van der Waals surface area contributed by atoms with E-state index < -0.39 is 12.6 Å². The van der Waals surface area contributed by atoms with Crippen molar-refractivity contribution in [2.75, 3.05) is 7.11 Å². The molecule has 1 aliphatic heterocycles. The lowest BCUT2D eigenvalue weighted by Gasteiger charge is -2.10. The number of halogens is 3. The molecule has 0 N–H and O–H groups in total. The van der Waals surface area contributed by atoms with Crippen molar-refractivity contribution in [3.63, 3.8) is 0 Å². The van der Waals surface area contributed by atoms with Gasteiger partial charge in [0.15, 0.2) is 17.2 Å². The van der Waals surface area contributed by atoms with Crippen molar-refractivity contribution in [3.8, 4) is 11.5 Å². The summed E-state index contributed by atoms with van der Waals surface area (Å²) >= 11 is 2.12. The van der Waals surface area contributed by atoms with Crippen LogP contribution in [-0.2, 0) is 9.53 Å². The predicted molar refractivity (Wildman–Crippen MR) is 99.4 cm³/mol. The molecule has 0 aromatic heterocycles. The highest BCUT2D eigenvalue weighted by molar-refractivity contribution is 14.1. The largest absolute Gasteiger partial charge is 0.493 e. The minimum absolute atomic E-state index is 0.0628. The second-order valence-electron chi connectivity index (χ2n) is 5.10. The molecule has 8 heteroatoms. The second-order valence-corrected chi connectivity index (χ2v) is 6.27. The number of methoxy groups -OCH3 is 1. The number of cyclic esters (lactones) is 1. The van der Waals surface area contributed by atoms with Gasteiger partial charge >= 0.3 is 12.6 Å². The highest BCUT2D eigenvalue weighted by Crippen LogP contribution is 2.31. The molecule has 0 radical (unpaired) electrons. The minimum Gasteiger partial charge on any atom is -0.493 e. The fraction of sp³-hybridized carbons (Fsp3) is 0.111. The molecule has 0 saturated carbocycles. The monoisotopic (exact) mass is 471 g/mol. The van der Waals surface area contributed by atoms with Gasteiger partial charge in [-0.2, -0.15) is 8.78 Å². The molecule has 26 heavy (non-hydrogen) atoms. The maximum atomic E-state index is 12.5. The molecule has 0 fully saturated rings. The molecule has 0 saturated heterocycles. The Morgan fingerprint density at radius 1 is 1.19 bits per heavy atom. The summed E-state index contributed by atoms with van der Waals surface area (Å²) in [7, 11) is 1.35. The molecule has 0 unspecified atom stereocenters. The van der Waals surface area contributed by atoms with Crippen molar-refractivity contribution in [3.05, 3.63) is 62.9 Å². The second kappa shape index (κ2) is 7.81. The first-order chi connectivity index (χ1) is 12.5. The van der Waals surface area contributed by atoms with Gasteiger partial charge in [0, 0.05) is 3.57 Å². The van der Waals surface area contributed by atoms with E-state index in [9.17, 15) is 13.6 Å². The van der Waals surface area contributed by atoms with Gasteiger partial charge in [-0.05, 0) is 58.5 Å². The van der Waals surface area contributed by atoms with Crippen LogP contribution in [0.2, 0.25) is 0 Å². The molecule has 1 aliphatic rings. The van der Waals surface area contributed by atoms with Crippen LogP contribution in [0.25, 0.3) is 6.08 Å². The van der Waals surface area contributed by atoms with Crippen LogP contribution in [0.15, 0.2) is 53.2 Å². The molecule has 134 valence electrons. The number of nitrogens with zero attached hydrogens (tertiary/aromatic N) is 1. The van der Waals surface area contributed by atoms with Crippen molar-refractivity contribution in [2.45, 2.75) is 6.61 Å². The number of aliphatic imine (C=N–C) groups is 1. The molecular weight excluding hydrogens is 459 g/mol. The van der Waals surface area contributed by atoms with Gasteiger partial charge < -0.3 is 14.2 Å². The zero-order valence-corrected chi connectivity index (χ0v) is 15.6. The molecule has 0 bridgehead atoms. The molecular formula is C18H12F2INO4. The number of esters is 1. The third-order valence-electron chi connectivity index (χ3n) is 3.43. The summed E-state index contributed by atoms with van der Waals surface area (Å²) in [5, 5.41) is 0. The zero-order valence-electron chi connectivity index (χ0n) is 13.4. The first-order valence-corrected chi connectivity index (χ1v) is 8.46. The molecule has 2 aromatic carbocycles. The molecule has 0 amide bonds. The van der Waals surface area contributed by atoms with E-state index in [-0.39, 0.29) is 23.1 Å². The van der Waals surface area contributed by atoms with Gasteiger partial charge in [0.2, 0.25) is 5.90 Å². The number of carbonyl (C=O) groups is 1. The van der Waals surface area contributed by atoms with Crippen molar-refractivity contribution in [2.24, 2.45) is 4.99 Å². The fourth-order valence-corrected chi connectivity index (χ4v) is 2.91. The van der Waals surface area contributed by atoms with Gasteiger partial charge in [-0.3, -0.25) is 0 Å². The van der Waals surface area contributed by atoms with E-state index in [1.807, 2.05) is 18.2 Å². The molecule has 0 spiro atoms. The Bertz CT molecular complexity index is 912. The minimum atomic E-state index is -2.99. The SMILES string of the molecule is COc1ccc(/C=C2/N=C(c3ccccc3I)OC2=O)cc1OC(F)F. The van der Waals surface area contributed by atoms with Crippen molar-refractivity contribution in [1.29, 1.82) is 0 Å². The average Bonchev–Trinajstić information content (AvgIpc) is 2.95. The van der Waals surface area contributed by atoms with Gasteiger partial charge in [0.25, 0.3) is 0 Å². The average molecular weight is 471 g/mol. The molecule has 0 aliphatic carbocycles. The van der Waals surface area contributed by atoms with Crippen LogP contribution < -0.4 is 9.47 Å². The standard InChI is InChI=1S/C18H12F2INO4/c1-24-14-7-6-10(9-15(14)25-18(19)20)8-13-17(23)26-16(22-13)11-4-2-3-5-12(11)21/h2-9,18H,1H3/b13-8+. The molecule has 5 nitrogen and oxygen atoms in total. The Labute approximate surface area is 161 Å². The summed E-state index contributed by atoms with van der Waals surface area (Å²) < 4.78 is 40.6. The highest BCUT2D eigenvalue weighted by atomic mass is 127. The normalized spacial score (nSPS) is 15.2. The maximum absolute atomic E-state index is 12.5. The Balaban J connectivity index is 1.94. The zero-order chi connectivity index (χ0) is 18.7. The van der Waals surface area contributed by atoms with Crippen molar-refractivity contribution >= 4 is 40.5 Å². The van der Waals surface area contributed by atoms with Crippen LogP contribution in [0, 0.1) is 3.57 Å². The Hall–Kier alpha value is -2.49. The van der Waals surface area contributed by atoms with Crippen LogP contribution >= 0.6 is 22.6 Å². The number of hydrogen-bond donors (Lipinski definition) is 0. The number of benzene rings is 2. The maximum Gasteiger partial charge on any atom is 0.387 e. The number of alkyl halides is 2. The number of hydrogen-bond acceptors (Lipinski definition) is 5. The van der Waals surface area contributed by atoms with Crippen LogP contribution in [-0.4, -0.2) is 25.6 Å². The Morgan fingerprint density at radius 3 is 2.65 bits per heavy atom. The summed E-state index contributed by atoms with van der Waals surface area (Å²) in [5.41, 5.74) is 1.20. The summed E-state index contributed by atoms with van der Waals surface area (Å²) in [6, 6.07) is 11.7. The highest BCUT2D eigenvalue weighted by Gasteiger charge is 2.25. The lowest BCUT2D eigenvalue weighted by atomic mass is 10.1. The van der Waals surface area contributed by atoms with Crippen LogP contribution in [0.3, 0.4) is 0 Å². The third-order valence-corrected chi connectivity index (χ3v) is 4.37. The molecule has 3 rings (SSSR count). The smallest absolute Gasteiger partial charge is 0.387 e. The van der Waals surface area contributed by atoms with Gasteiger partial charge in [-0.1, -0.05) is 18.2 Å². The van der Waals surface area contributed by atoms with Crippen LogP contribution in [0.4, 0.5) is 8.78 Å². The van der Waals surface area contributed by atoms with E-state index in [1.54, 1.807) is 12.1 Å². The van der Waals surface area contributed by atoms with E-state index >= 15 is 0 Å². The quantitative estimate of drug-likeness (QED) is 0.372. The number of rotatable bonds is 5. The van der Waals surface area contributed by atoms with Crippen molar-refractivity contribution in [1.82, 2.24) is 0 Å². The van der Waals surface area contributed by atoms with E-state index in [0.717, 1.165) is 3.57 Å². The summed E-state index contributed by atoms with van der Waals surface area (Å²) in [4.78, 5) is 16.3. The van der Waals surface area contributed by atoms with Gasteiger partial charge in [-0.15, -0.1) is 0 Å². The van der Waals surface area contributed by atoms with Crippen LogP contribution in [0.1, 0.15) is 11.1 Å². The third kappa shape index (κ3) is 4.01. The van der Waals surface area contributed by atoms with E-state index in [1.165, 1.54) is 25.3 Å². The lowest BCUT2D eigenvalue weighted by molar-refractivity contribution is -0.129. The number of ether oxygens (including phenoxy) is 3. The fourth-order valence-electron chi connectivity index (χ4n) is 2.29. The van der Waals surface area contributed by atoms with E-state index in [0.29, 0.717) is 11.1 Å². The lowest BCUT2D eigenvalue weighted by Crippen LogP contribution is -2.06. The molecule has 1 heterocycles. The molecule has 2 aromatic rings. The number of carbonyl (C=O) groups excluding carboxylic acids is 1. The van der Waals surface area contributed by atoms with Gasteiger partial charge in [-0.25, -0.2) is 9.79 Å².